The number of nitrogens with zero attached hydrogens (tertiary/aromatic N) is 4. The Kier molecular flexibility index (Phi) is 8.40. The Bertz CT molecular complexity index is 1630. The molecule has 0 unspecified atom stereocenters. The molecule has 196 valence electrons. The lowest BCUT2D eigenvalue weighted by Gasteiger charge is -2.25. The van der Waals surface area contributed by atoms with Gasteiger partial charge in [0.2, 0.25) is 0 Å². The largest absolute Gasteiger partial charge is 0.347 e. The number of aryl methyl sites for hydroxylation is 1. The predicted octanol–water partition coefficient (Wildman–Crippen LogP) is 9.79. The van der Waals surface area contributed by atoms with Gasteiger partial charge in [0.1, 0.15) is 17.7 Å². The Hall–Kier alpha value is -5.06. The van der Waals surface area contributed by atoms with Crippen LogP contribution < -0.4 is 4.90 Å². The van der Waals surface area contributed by atoms with Gasteiger partial charge in [-0.2, -0.15) is 10.5 Å². The van der Waals surface area contributed by atoms with Gasteiger partial charge in [-0.05, 0) is 72.2 Å². The number of benzene rings is 4. The maximum atomic E-state index is 9.38. The molecule has 0 atom stereocenters. The molecule has 0 aliphatic heterocycles. The molecule has 0 N–H and O–H groups in total. The first-order valence-corrected chi connectivity index (χ1v) is 13.9. The van der Waals surface area contributed by atoms with Crippen LogP contribution >= 0.6 is 0 Å². The molecule has 0 fully saturated rings. The van der Waals surface area contributed by atoms with Crippen molar-refractivity contribution in [2.45, 2.75) is 39.2 Å². The van der Waals surface area contributed by atoms with Gasteiger partial charge >= 0.3 is 0 Å². The van der Waals surface area contributed by atoms with Crippen molar-refractivity contribution in [3.05, 3.63) is 120 Å². The zero-order chi connectivity index (χ0) is 27.7. The van der Waals surface area contributed by atoms with E-state index in [0.29, 0.717) is 0 Å². The minimum atomic E-state index is 0.113. The summed E-state index contributed by atoms with van der Waals surface area (Å²) in [6.07, 6.45) is 8.50. The molecule has 0 saturated heterocycles. The smallest absolute Gasteiger partial charge is 0.130 e. The Morgan fingerprint density at radius 2 is 1.32 bits per heavy atom. The van der Waals surface area contributed by atoms with E-state index >= 15 is 0 Å². The summed E-state index contributed by atoms with van der Waals surface area (Å²) in [5.74, 6) is 0. The van der Waals surface area contributed by atoms with Gasteiger partial charge in [-0.15, -0.1) is 0 Å². The molecule has 4 aromatic carbocycles. The molecular weight excluding hydrogens is 488 g/mol. The zero-order valence-electron chi connectivity index (χ0n) is 22.8. The van der Waals surface area contributed by atoms with Crippen LogP contribution in [0.4, 0.5) is 17.1 Å². The molecule has 0 spiro atoms. The maximum absolute atomic E-state index is 9.38. The second kappa shape index (κ2) is 12.7. The van der Waals surface area contributed by atoms with Crippen LogP contribution in [0.5, 0.6) is 0 Å². The van der Waals surface area contributed by atoms with E-state index in [1.165, 1.54) is 19.3 Å². The van der Waals surface area contributed by atoms with E-state index < -0.39 is 0 Å². The fraction of sp³-hybridized carbons (Fsp3) is 0.167. The quantitative estimate of drug-likeness (QED) is 0.136. The van der Waals surface area contributed by atoms with Crippen molar-refractivity contribution < 1.29 is 0 Å². The number of hydrogen-bond acceptors (Lipinski definition) is 3. The molecule has 1 heterocycles. The normalized spacial score (nSPS) is 10.6. The summed E-state index contributed by atoms with van der Waals surface area (Å²) in [5.41, 5.74) is 7.63. The number of nitriles is 2. The third-order valence-electron chi connectivity index (χ3n) is 7.19. The van der Waals surface area contributed by atoms with Crippen LogP contribution in [0, 0.1) is 22.7 Å². The van der Waals surface area contributed by atoms with Gasteiger partial charge < -0.3 is 9.47 Å². The third-order valence-corrected chi connectivity index (χ3v) is 7.19. The number of para-hydroxylation sites is 2. The van der Waals surface area contributed by atoms with E-state index in [4.69, 9.17) is 0 Å². The second-order valence-corrected chi connectivity index (χ2v) is 9.91. The summed E-state index contributed by atoms with van der Waals surface area (Å²) in [5, 5.41) is 19.8. The van der Waals surface area contributed by atoms with Crippen LogP contribution in [0.1, 0.15) is 38.2 Å². The Balaban J connectivity index is 1.51. The van der Waals surface area contributed by atoms with Crippen molar-refractivity contribution in [2.24, 2.45) is 0 Å². The van der Waals surface area contributed by atoms with Crippen molar-refractivity contribution in [3.63, 3.8) is 0 Å². The highest BCUT2D eigenvalue weighted by Gasteiger charge is 2.13. The lowest BCUT2D eigenvalue weighted by Crippen LogP contribution is -2.09. The van der Waals surface area contributed by atoms with Gasteiger partial charge in [0.25, 0.3) is 0 Å². The fourth-order valence-corrected chi connectivity index (χ4v) is 5.16. The van der Waals surface area contributed by atoms with E-state index in [1.807, 2.05) is 24.3 Å². The minimum absolute atomic E-state index is 0.113. The zero-order valence-corrected chi connectivity index (χ0v) is 22.8. The number of anilines is 3. The molecule has 5 aromatic rings. The molecule has 0 aliphatic carbocycles. The maximum Gasteiger partial charge on any atom is 0.130 e. The number of allylic oxidation sites excluding steroid dienone is 1. The number of hydrogen-bond donors (Lipinski definition) is 0. The molecule has 40 heavy (non-hydrogen) atoms. The lowest BCUT2D eigenvalue weighted by molar-refractivity contribution is 0.593. The fourth-order valence-electron chi connectivity index (χ4n) is 5.16. The average Bonchev–Trinajstić information content (AvgIpc) is 3.36. The van der Waals surface area contributed by atoms with E-state index in [9.17, 15) is 10.5 Å². The minimum Gasteiger partial charge on any atom is -0.347 e. The standard InChI is InChI=1S/C36H32N4/c1-2-3-4-11-22-39-27-31(23-28(25-37)26-38)35-24-30(18-21-36(35)39)29-16-19-34(20-17-29)40(32-12-7-5-8-13-32)33-14-9-6-10-15-33/h5-10,12-21,23-24,27H,2-4,11,22H2,1H3. The molecule has 4 heteroatoms. The first-order valence-electron chi connectivity index (χ1n) is 13.9. The molecular formula is C36H32N4. The Morgan fingerprint density at radius 3 is 1.93 bits per heavy atom. The highest BCUT2D eigenvalue weighted by molar-refractivity contribution is 5.94. The van der Waals surface area contributed by atoms with E-state index in [1.54, 1.807) is 6.08 Å². The van der Waals surface area contributed by atoms with Gasteiger partial charge in [0.15, 0.2) is 0 Å². The summed E-state index contributed by atoms with van der Waals surface area (Å²) >= 11 is 0. The topological polar surface area (TPSA) is 55.8 Å². The number of fused-ring (bicyclic) bond motifs is 1. The highest BCUT2D eigenvalue weighted by Crippen LogP contribution is 2.36. The Labute approximate surface area is 236 Å². The van der Waals surface area contributed by atoms with E-state index in [2.05, 4.69) is 114 Å². The Morgan fingerprint density at radius 1 is 0.725 bits per heavy atom. The molecule has 1 aromatic heterocycles. The van der Waals surface area contributed by atoms with Crippen molar-refractivity contribution in [2.75, 3.05) is 4.90 Å². The van der Waals surface area contributed by atoms with Gasteiger partial charge in [0, 0.05) is 46.3 Å². The monoisotopic (exact) mass is 520 g/mol. The van der Waals surface area contributed by atoms with Gasteiger partial charge in [-0.25, -0.2) is 0 Å². The number of rotatable bonds is 10. The molecule has 4 nitrogen and oxygen atoms in total. The van der Waals surface area contributed by atoms with Crippen molar-refractivity contribution in [3.8, 4) is 23.3 Å². The van der Waals surface area contributed by atoms with Gasteiger partial charge in [-0.3, -0.25) is 0 Å². The summed E-state index contributed by atoms with van der Waals surface area (Å²) in [7, 11) is 0. The summed E-state index contributed by atoms with van der Waals surface area (Å²) in [6.45, 7) is 3.13. The SMILES string of the molecule is CCCCCCn1cc(C=C(C#N)C#N)c2cc(-c3ccc(N(c4ccccc4)c4ccccc4)cc3)ccc21. The average molecular weight is 521 g/mol. The van der Waals surface area contributed by atoms with Crippen LogP contribution in [0.15, 0.2) is 115 Å². The first-order chi connectivity index (χ1) is 19.7. The van der Waals surface area contributed by atoms with Crippen molar-refractivity contribution in [1.29, 1.82) is 10.5 Å². The van der Waals surface area contributed by atoms with Crippen molar-refractivity contribution in [1.82, 2.24) is 4.57 Å². The summed E-state index contributed by atoms with van der Waals surface area (Å²) in [6, 6.07) is 39.9. The lowest BCUT2D eigenvalue weighted by atomic mass is 10.0. The first kappa shape index (κ1) is 26.5. The molecule has 0 bridgehead atoms. The summed E-state index contributed by atoms with van der Waals surface area (Å²) in [4.78, 5) is 2.25. The van der Waals surface area contributed by atoms with Gasteiger partial charge in [-0.1, -0.05) is 80.8 Å². The van der Waals surface area contributed by atoms with Crippen LogP contribution in [-0.4, -0.2) is 4.57 Å². The molecule has 0 amide bonds. The molecule has 5 rings (SSSR count). The predicted molar refractivity (Wildman–Crippen MR) is 165 cm³/mol. The summed E-state index contributed by atoms with van der Waals surface area (Å²) < 4.78 is 2.26. The number of unbranched alkanes of at least 4 members (excludes halogenated alkanes) is 3. The second-order valence-electron chi connectivity index (χ2n) is 9.91. The van der Waals surface area contributed by atoms with Gasteiger partial charge in [0.05, 0.1) is 0 Å². The van der Waals surface area contributed by atoms with Crippen LogP contribution in [-0.2, 0) is 6.54 Å². The van der Waals surface area contributed by atoms with Crippen LogP contribution in [0.25, 0.3) is 28.1 Å². The van der Waals surface area contributed by atoms with Crippen molar-refractivity contribution >= 4 is 34.0 Å². The van der Waals surface area contributed by atoms with Crippen LogP contribution in [0.3, 0.4) is 0 Å². The third kappa shape index (κ3) is 5.83. The number of aromatic nitrogens is 1. The van der Waals surface area contributed by atoms with E-state index in [0.717, 1.165) is 57.6 Å². The van der Waals surface area contributed by atoms with Crippen LogP contribution in [0.2, 0.25) is 0 Å². The molecule has 0 aliphatic rings. The molecule has 0 saturated carbocycles. The highest BCUT2D eigenvalue weighted by atomic mass is 15.1. The molecule has 0 radical (unpaired) electrons. The van der Waals surface area contributed by atoms with E-state index in [-0.39, 0.29) is 5.57 Å².